The lowest BCUT2D eigenvalue weighted by Gasteiger charge is -2.49. The van der Waals surface area contributed by atoms with E-state index in [2.05, 4.69) is 21.7 Å². The van der Waals surface area contributed by atoms with Crippen molar-refractivity contribution in [3.8, 4) is 0 Å². The zero-order valence-electron chi connectivity index (χ0n) is 12.5. The minimum atomic E-state index is -0.958. The highest BCUT2D eigenvalue weighted by atomic mass is 16.4. The van der Waals surface area contributed by atoms with Crippen LogP contribution in [0.5, 0.6) is 0 Å². The van der Waals surface area contributed by atoms with Gasteiger partial charge >= 0.3 is 5.97 Å². The monoisotopic (exact) mass is 289 g/mol. The van der Waals surface area contributed by atoms with Gasteiger partial charge in [0.25, 0.3) is 0 Å². The molecule has 0 amide bonds. The standard InChI is InChI=1S/C16H23N3O2/c1-12-5-2-3-8-19(12)14-10-18(11-14)9-13-6-4-7-15(17-13)16(20)21/h4,6-7,12,14H,2-3,5,8-11H2,1H3,(H,20,21)/t12-/m0/s1. The molecule has 0 radical (unpaired) electrons. The van der Waals surface area contributed by atoms with E-state index in [4.69, 9.17) is 5.11 Å². The highest BCUT2D eigenvalue weighted by Gasteiger charge is 2.34. The smallest absolute Gasteiger partial charge is 0.354 e. The van der Waals surface area contributed by atoms with Crippen LogP contribution in [-0.4, -0.2) is 57.6 Å². The number of carboxylic acid groups (broad SMARTS) is 1. The van der Waals surface area contributed by atoms with Crippen molar-refractivity contribution in [1.29, 1.82) is 0 Å². The first-order chi connectivity index (χ1) is 10.1. The Morgan fingerprint density at radius 1 is 1.38 bits per heavy atom. The van der Waals surface area contributed by atoms with Gasteiger partial charge in [0, 0.05) is 31.7 Å². The van der Waals surface area contributed by atoms with Crippen molar-refractivity contribution >= 4 is 5.97 Å². The third-order valence-corrected chi connectivity index (χ3v) is 4.67. The van der Waals surface area contributed by atoms with Gasteiger partial charge in [-0.05, 0) is 38.4 Å². The molecule has 0 spiro atoms. The van der Waals surface area contributed by atoms with Gasteiger partial charge in [-0.2, -0.15) is 0 Å². The number of aromatic nitrogens is 1. The molecule has 5 nitrogen and oxygen atoms in total. The highest BCUT2D eigenvalue weighted by Crippen LogP contribution is 2.25. The van der Waals surface area contributed by atoms with E-state index in [1.54, 1.807) is 12.1 Å². The SMILES string of the molecule is C[C@H]1CCCCN1C1CN(Cc2cccc(C(=O)O)n2)C1. The average molecular weight is 289 g/mol. The topological polar surface area (TPSA) is 56.7 Å². The Kier molecular flexibility index (Phi) is 4.22. The summed E-state index contributed by atoms with van der Waals surface area (Å²) in [6.45, 7) is 6.46. The van der Waals surface area contributed by atoms with Gasteiger partial charge in [-0.25, -0.2) is 9.78 Å². The van der Waals surface area contributed by atoms with Crippen LogP contribution >= 0.6 is 0 Å². The minimum Gasteiger partial charge on any atom is -0.477 e. The minimum absolute atomic E-state index is 0.134. The van der Waals surface area contributed by atoms with Gasteiger partial charge in [0.1, 0.15) is 5.69 Å². The molecular formula is C16H23N3O2. The van der Waals surface area contributed by atoms with E-state index in [0.717, 1.165) is 25.3 Å². The number of carbonyl (C=O) groups is 1. The summed E-state index contributed by atoms with van der Waals surface area (Å²) < 4.78 is 0. The Bertz CT molecular complexity index is 514. The maximum absolute atomic E-state index is 10.9. The van der Waals surface area contributed by atoms with Crippen molar-refractivity contribution < 1.29 is 9.90 Å². The molecule has 0 unspecified atom stereocenters. The van der Waals surface area contributed by atoms with Gasteiger partial charge in [0.05, 0.1) is 5.69 Å². The Labute approximate surface area is 125 Å². The number of hydrogen-bond donors (Lipinski definition) is 1. The molecule has 3 rings (SSSR count). The Morgan fingerprint density at radius 3 is 2.90 bits per heavy atom. The molecule has 0 bridgehead atoms. The summed E-state index contributed by atoms with van der Waals surface area (Å²) in [5.74, 6) is -0.958. The van der Waals surface area contributed by atoms with Gasteiger partial charge in [0.15, 0.2) is 0 Å². The fourth-order valence-electron chi connectivity index (χ4n) is 3.46. The van der Waals surface area contributed by atoms with Crippen LogP contribution < -0.4 is 0 Å². The van der Waals surface area contributed by atoms with E-state index in [0.29, 0.717) is 12.1 Å². The maximum atomic E-state index is 10.9. The first-order valence-electron chi connectivity index (χ1n) is 7.81. The van der Waals surface area contributed by atoms with Crippen molar-refractivity contribution in [2.24, 2.45) is 0 Å². The van der Waals surface area contributed by atoms with Crippen LogP contribution in [0.3, 0.4) is 0 Å². The van der Waals surface area contributed by atoms with Crippen molar-refractivity contribution in [2.45, 2.75) is 44.8 Å². The van der Waals surface area contributed by atoms with Crippen molar-refractivity contribution in [2.75, 3.05) is 19.6 Å². The molecule has 2 aliphatic heterocycles. The number of piperidine rings is 1. The highest BCUT2D eigenvalue weighted by molar-refractivity contribution is 5.85. The van der Waals surface area contributed by atoms with Gasteiger partial charge in [-0.1, -0.05) is 12.5 Å². The Balaban J connectivity index is 1.52. The summed E-state index contributed by atoms with van der Waals surface area (Å²) in [6.07, 6.45) is 4.00. The quantitative estimate of drug-likeness (QED) is 0.916. The molecule has 0 saturated carbocycles. The summed E-state index contributed by atoms with van der Waals surface area (Å²) in [5, 5.41) is 8.97. The van der Waals surface area contributed by atoms with E-state index in [9.17, 15) is 4.79 Å². The molecule has 2 fully saturated rings. The summed E-state index contributed by atoms with van der Waals surface area (Å²) in [4.78, 5) is 20.1. The second kappa shape index (κ2) is 6.12. The second-order valence-corrected chi connectivity index (χ2v) is 6.25. The van der Waals surface area contributed by atoms with E-state index < -0.39 is 5.97 Å². The first kappa shape index (κ1) is 14.5. The third kappa shape index (κ3) is 3.24. The zero-order chi connectivity index (χ0) is 14.8. The Hall–Kier alpha value is -1.46. The molecule has 1 aromatic rings. The van der Waals surface area contributed by atoms with Crippen molar-refractivity contribution in [3.63, 3.8) is 0 Å². The number of hydrogen-bond acceptors (Lipinski definition) is 4. The maximum Gasteiger partial charge on any atom is 0.354 e. The molecule has 5 heteroatoms. The molecular weight excluding hydrogens is 266 g/mol. The number of nitrogens with zero attached hydrogens (tertiary/aromatic N) is 3. The molecule has 0 aliphatic carbocycles. The first-order valence-corrected chi connectivity index (χ1v) is 7.81. The third-order valence-electron chi connectivity index (χ3n) is 4.67. The fraction of sp³-hybridized carbons (Fsp3) is 0.625. The fourth-order valence-corrected chi connectivity index (χ4v) is 3.46. The lowest BCUT2D eigenvalue weighted by molar-refractivity contribution is -0.00677. The molecule has 0 aromatic carbocycles. The lowest BCUT2D eigenvalue weighted by Crippen LogP contribution is -2.61. The van der Waals surface area contributed by atoms with E-state index in [-0.39, 0.29) is 5.69 Å². The number of pyridine rings is 1. The van der Waals surface area contributed by atoms with E-state index >= 15 is 0 Å². The number of likely N-dealkylation sites (tertiary alicyclic amines) is 2. The molecule has 114 valence electrons. The van der Waals surface area contributed by atoms with Gasteiger partial charge in [-0.15, -0.1) is 0 Å². The van der Waals surface area contributed by atoms with Crippen LogP contribution in [0.15, 0.2) is 18.2 Å². The molecule has 3 heterocycles. The van der Waals surface area contributed by atoms with Gasteiger partial charge in [-0.3, -0.25) is 9.80 Å². The molecule has 1 aromatic heterocycles. The summed E-state index contributed by atoms with van der Waals surface area (Å²) in [7, 11) is 0. The molecule has 2 aliphatic rings. The van der Waals surface area contributed by atoms with Crippen LogP contribution in [0, 0.1) is 0 Å². The van der Waals surface area contributed by atoms with Gasteiger partial charge < -0.3 is 5.11 Å². The predicted octanol–water partition coefficient (Wildman–Crippen LogP) is 1.84. The van der Waals surface area contributed by atoms with Crippen LogP contribution in [-0.2, 0) is 6.54 Å². The predicted molar refractivity (Wildman–Crippen MR) is 80.3 cm³/mol. The number of aromatic carboxylic acids is 1. The molecule has 21 heavy (non-hydrogen) atoms. The number of carboxylic acids is 1. The second-order valence-electron chi connectivity index (χ2n) is 6.25. The van der Waals surface area contributed by atoms with Gasteiger partial charge in [0.2, 0.25) is 0 Å². The van der Waals surface area contributed by atoms with Crippen LogP contribution in [0.4, 0.5) is 0 Å². The van der Waals surface area contributed by atoms with Crippen LogP contribution in [0.2, 0.25) is 0 Å². The number of rotatable bonds is 4. The largest absolute Gasteiger partial charge is 0.477 e. The molecule has 1 N–H and O–H groups in total. The summed E-state index contributed by atoms with van der Waals surface area (Å²) in [5.41, 5.74) is 0.981. The van der Waals surface area contributed by atoms with Crippen LogP contribution in [0.1, 0.15) is 42.4 Å². The zero-order valence-corrected chi connectivity index (χ0v) is 12.5. The van der Waals surface area contributed by atoms with Crippen LogP contribution in [0.25, 0.3) is 0 Å². The van der Waals surface area contributed by atoms with E-state index in [1.807, 2.05) is 6.07 Å². The summed E-state index contributed by atoms with van der Waals surface area (Å²) >= 11 is 0. The summed E-state index contributed by atoms with van der Waals surface area (Å²) in [6, 6.07) is 6.60. The van der Waals surface area contributed by atoms with Crippen molar-refractivity contribution in [1.82, 2.24) is 14.8 Å². The lowest BCUT2D eigenvalue weighted by atomic mass is 9.97. The Morgan fingerprint density at radius 2 is 2.19 bits per heavy atom. The van der Waals surface area contributed by atoms with E-state index in [1.165, 1.54) is 25.8 Å². The normalized spacial score (nSPS) is 24.7. The van der Waals surface area contributed by atoms with Crippen molar-refractivity contribution in [3.05, 3.63) is 29.6 Å². The average Bonchev–Trinajstić information content (AvgIpc) is 2.44. The molecule has 2 saturated heterocycles. The molecule has 1 atom stereocenters.